The second kappa shape index (κ2) is 18.8. The first kappa shape index (κ1) is 46.4. The monoisotopic (exact) mass is 817 g/mol. The van der Waals surface area contributed by atoms with Gasteiger partial charge in [0.05, 0.1) is 25.4 Å². The summed E-state index contributed by atoms with van der Waals surface area (Å²) >= 11 is 0. The van der Waals surface area contributed by atoms with Crippen molar-refractivity contribution in [2.24, 2.45) is 92.7 Å². The summed E-state index contributed by atoms with van der Waals surface area (Å²) in [6.07, 6.45) is 37.7. The van der Waals surface area contributed by atoms with Crippen LogP contribution < -0.4 is 0 Å². The Kier molecular flexibility index (Phi) is 14.8. The van der Waals surface area contributed by atoms with E-state index in [1.807, 2.05) is 11.1 Å². The highest BCUT2D eigenvalue weighted by atomic mass is 16.5. The van der Waals surface area contributed by atoms with E-state index in [9.17, 15) is 0 Å². The van der Waals surface area contributed by atoms with Crippen LogP contribution in [0.5, 0.6) is 0 Å². The summed E-state index contributed by atoms with van der Waals surface area (Å²) in [5, 5.41) is 15.2. The number of hydrogen-bond donors (Lipinski definition) is 2. The summed E-state index contributed by atoms with van der Waals surface area (Å²) in [5.41, 5.74) is 5.67. The normalized spacial score (nSPS) is 44.8. The number of aliphatic hydroxyl groups is 2. The molecule has 2 unspecified atom stereocenters. The van der Waals surface area contributed by atoms with Crippen molar-refractivity contribution in [2.45, 2.75) is 223 Å². The SMILES string of the molecule is CC(C)CCC[C@@H](C)[C@H]1CC[C@H]2[C@@H]3CC=C4CC(OC5CC[C@@]6(C)C(=CC[C@H]7[C@@H]8CC[C@H]([C@H](C)CCCC(C)C)[C@@]8(C)CC[C@@H]76)C5)CC[C@]4(C)[C@H]3CC[C@]12C.OCCO. The molecule has 0 heterocycles. The Bertz CT molecular complexity index is 1340. The molecule has 0 aromatic carbocycles. The van der Waals surface area contributed by atoms with E-state index in [2.05, 4.69) is 81.4 Å². The molecule has 0 amide bonds. The van der Waals surface area contributed by atoms with Gasteiger partial charge in [0.2, 0.25) is 0 Å². The highest BCUT2D eigenvalue weighted by Gasteiger charge is 2.61. The molecule has 6 saturated carbocycles. The van der Waals surface area contributed by atoms with E-state index in [1.165, 1.54) is 141 Å². The summed E-state index contributed by atoms with van der Waals surface area (Å²) in [7, 11) is 0. The van der Waals surface area contributed by atoms with E-state index in [4.69, 9.17) is 14.9 Å². The first-order valence-electron chi connectivity index (χ1n) is 26.3. The molecule has 0 saturated heterocycles. The second-order valence-electron chi connectivity index (χ2n) is 24.9. The second-order valence-corrected chi connectivity index (χ2v) is 24.9. The number of aliphatic hydroxyl groups excluding tert-OH is 2. The summed E-state index contributed by atoms with van der Waals surface area (Å²) in [6.45, 7) is 25.6. The topological polar surface area (TPSA) is 49.7 Å². The number of rotatable bonds is 13. The van der Waals surface area contributed by atoms with E-state index < -0.39 is 0 Å². The fourth-order valence-electron chi connectivity index (χ4n) is 17.8. The van der Waals surface area contributed by atoms with Crippen LogP contribution in [0.1, 0.15) is 210 Å². The van der Waals surface area contributed by atoms with E-state index in [0.717, 1.165) is 71.0 Å². The van der Waals surface area contributed by atoms with Crippen LogP contribution in [0.25, 0.3) is 0 Å². The third-order valence-electron chi connectivity index (χ3n) is 21.0. The van der Waals surface area contributed by atoms with E-state index >= 15 is 0 Å². The zero-order valence-electron chi connectivity index (χ0n) is 40.5. The third-order valence-corrected chi connectivity index (χ3v) is 21.0. The molecule has 0 aromatic rings. The molecular weight excluding hydrogens is 721 g/mol. The summed E-state index contributed by atoms with van der Waals surface area (Å²) in [4.78, 5) is 0. The highest BCUT2D eigenvalue weighted by Crippen LogP contribution is 2.69. The van der Waals surface area contributed by atoms with Crippen LogP contribution in [0.15, 0.2) is 23.3 Å². The Labute approximate surface area is 365 Å². The maximum atomic E-state index is 7.62. The maximum Gasteiger partial charge on any atom is 0.0662 e. The van der Waals surface area contributed by atoms with Crippen LogP contribution in [-0.4, -0.2) is 35.6 Å². The van der Waals surface area contributed by atoms with Crippen LogP contribution in [-0.2, 0) is 4.74 Å². The first-order valence-corrected chi connectivity index (χ1v) is 26.3. The Morgan fingerprint density at radius 2 is 0.932 bits per heavy atom. The van der Waals surface area contributed by atoms with Crippen molar-refractivity contribution in [1.29, 1.82) is 0 Å². The van der Waals surface area contributed by atoms with Gasteiger partial charge in [0.1, 0.15) is 0 Å². The average molecular weight is 817 g/mol. The van der Waals surface area contributed by atoms with E-state index in [0.29, 0.717) is 33.9 Å². The lowest BCUT2D eigenvalue weighted by Gasteiger charge is -2.59. The minimum Gasteiger partial charge on any atom is -0.394 e. The van der Waals surface area contributed by atoms with Gasteiger partial charge in [-0.05, 0) is 195 Å². The molecule has 8 rings (SSSR count). The Morgan fingerprint density at radius 1 is 0.525 bits per heavy atom. The van der Waals surface area contributed by atoms with Crippen molar-refractivity contribution >= 4 is 0 Å². The molecule has 338 valence electrons. The summed E-state index contributed by atoms with van der Waals surface area (Å²) in [6, 6.07) is 0. The smallest absolute Gasteiger partial charge is 0.0662 e. The van der Waals surface area contributed by atoms with Crippen LogP contribution in [0.2, 0.25) is 0 Å². The van der Waals surface area contributed by atoms with Crippen molar-refractivity contribution in [3.63, 3.8) is 0 Å². The highest BCUT2D eigenvalue weighted by molar-refractivity contribution is 5.27. The molecular formula is C56H96O3. The van der Waals surface area contributed by atoms with Gasteiger partial charge in [-0.25, -0.2) is 0 Å². The molecule has 6 fully saturated rings. The lowest BCUT2D eigenvalue weighted by Crippen LogP contribution is -2.52. The van der Waals surface area contributed by atoms with Gasteiger partial charge >= 0.3 is 0 Å². The molecule has 0 bridgehead atoms. The van der Waals surface area contributed by atoms with Crippen molar-refractivity contribution in [1.82, 2.24) is 0 Å². The fraction of sp³-hybridized carbons (Fsp3) is 0.929. The Hall–Kier alpha value is -0.640. The number of ether oxygens (including phenoxy) is 1. The molecule has 2 N–H and O–H groups in total. The molecule has 0 radical (unpaired) electrons. The van der Waals surface area contributed by atoms with Crippen LogP contribution >= 0.6 is 0 Å². The molecule has 3 heteroatoms. The summed E-state index contributed by atoms with van der Waals surface area (Å²) in [5.74, 6) is 11.1. The molecule has 16 atom stereocenters. The third kappa shape index (κ3) is 8.92. The van der Waals surface area contributed by atoms with Gasteiger partial charge in [-0.1, -0.05) is 131 Å². The van der Waals surface area contributed by atoms with Crippen LogP contribution in [0.4, 0.5) is 0 Å². The van der Waals surface area contributed by atoms with E-state index in [-0.39, 0.29) is 13.2 Å². The van der Waals surface area contributed by atoms with Crippen LogP contribution in [0.3, 0.4) is 0 Å². The lowest BCUT2D eigenvalue weighted by atomic mass is 9.46. The number of fused-ring (bicyclic) bond motifs is 10. The van der Waals surface area contributed by atoms with Gasteiger partial charge in [-0.15, -0.1) is 0 Å². The van der Waals surface area contributed by atoms with Gasteiger partial charge < -0.3 is 14.9 Å². The number of hydrogen-bond acceptors (Lipinski definition) is 3. The van der Waals surface area contributed by atoms with Gasteiger partial charge in [0.15, 0.2) is 0 Å². The van der Waals surface area contributed by atoms with Gasteiger partial charge in [-0.2, -0.15) is 0 Å². The molecule has 59 heavy (non-hydrogen) atoms. The molecule has 3 nitrogen and oxygen atoms in total. The van der Waals surface area contributed by atoms with Crippen LogP contribution in [0, 0.1) is 92.7 Å². The van der Waals surface area contributed by atoms with Crippen molar-refractivity contribution in [2.75, 3.05) is 13.2 Å². The number of allylic oxidation sites excluding steroid dienone is 2. The standard InChI is InChI=1S/C54H90O.C2H6O2/c1-35(2)13-11-15-37(5)45-21-23-47-43-19-17-39-33-41(25-29-51(39,7)49(43)27-31-53(45,47)9)55-42-26-30-52(8)40(34-42)18-20-44-48-24-22-46(38(6)16-12-14-36(3)4)54(48,10)32-28-50(44)52;3-1-2-4/h17-18,35-38,41-50H,11-16,19-34H2,1-10H3;3-4H,1-2H2/t37-,38-,41?,42?,43+,44+,45-,46-,47+,48+,49+,50+,51+,52+,53-,54-;/m1./s1. The van der Waals surface area contributed by atoms with Crippen molar-refractivity contribution < 1.29 is 14.9 Å². The molecule has 8 aliphatic carbocycles. The quantitative estimate of drug-likeness (QED) is 0.182. The molecule has 0 aliphatic heterocycles. The average Bonchev–Trinajstić information content (AvgIpc) is 3.75. The minimum atomic E-state index is -0.125. The summed E-state index contributed by atoms with van der Waals surface area (Å²) < 4.78 is 7.26. The predicted octanol–water partition coefficient (Wildman–Crippen LogP) is 14.8. The zero-order chi connectivity index (χ0) is 42.3. The van der Waals surface area contributed by atoms with Crippen molar-refractivity contribution in [3.05, 3.63) is 23.3 Å². The molecule has 0 aromatic heterocycles. The van der Waals surface area contributed by atoms with E-state index in [1.54, 1.807) is 0 Å². The predicted molar refractivity (Wildman–Crippen MR) is 249 cm³/mol. The van der Waals surface area contributed by atoms with Gasteiger partial charge in [0, 0.05) is 0 Å². The molecule has 0 spiro atoms. The maximum absolute atomic E-state index is 7.62. The minimum absolute atomic E-state index is 0.125. The van der Waals surface area contributed by atoms with Crippen molar-refractivity contribution in [3.8, 4) is 0 Å². The van der Waals surface area contributed by atoms with Gasteiger partial charge in [0.25, 0.3) is 0 Å². The lowest BCUT2D eigenvalue weighted by molar-refractivity contribution is -0.0927. The zero-order valence-corrected chi connectivity index (χ0v) is 40.5. The molecule has 8 aliphatic rings. The van der Waals surface area contributed by atoms with Gasteiger partial charge in [-0.3, -0.25) is 0 Å². The Balaban J connectivity index is 0.00000126. The fourth-order valence-corrected chi connectivity index (χ4v) is 17.8. The first-order chi connectivity index (χ1) is 28.1. The Morgan fingerprint density at radius 3 is 1.31 bits per heavy atom. The largest absolute Gasteiger partial charge is 0.394 e.